The van der Waals surface area contributed by atoms with Crippen LogP contribution in [-0.4, -0.2) is 26.3 Å². The van der Waals surface area contributed by atoms with Gasteiger partial charge < -0.3 is 10.6 Å². The van der Waals surface area contributed by atoms with E-state index in [1.54, 1.807) is 31.8 Å². The normalized spacial score (nSPS) is 11.5. The predicted octanol–water partition coefficient (Wildman–Crippen LogP) is 2.71. The van der Waals surface area contributed by atoms with Crippen LogP contribution in [0.5, 0.6) is 0 Å². The fourth-order valence-corrected chi connectivity index (χ4v) is 1.77. The van der Waals surface area contributed by atoms with Gasteiger partial charge in [0.05, 0.1) is 11.4 Å². The highest BCUT2D eigenvalue weighted by Crippen LogP contribution is 2.29. The minimum absolute atomic E-state index is 0.0596. The van der Waals surface area contributed by atoms with Crippen LogP contribution in [0.4, 0.5) is 30.5 Å². The van der Waals surface area contributed by atoms with E-state index in [2.05, 4.69) is 25.7 Å². The summed E-state index contributed by atoms with van der Waals surface area (Å²) in [5.41, 5.74) is 1.25. The van der Waals surface area contributed by atoms with Gasteiger partial charge in [-0.1, -0.05) is 0 Å². The average molecular weight is 300 g/mol. The van der Waals surface area contributed by atoms with Crippen LogP contribution in [0.15, 0.2) is 12.3 Å². The predicted molar refractivity (Wildman–Crippen MR) is 72.4 cm³/mol. The topological polar surface area (TPSA) is 67.7 Å². The quantitative estimate of drug-likeness (QED) is 0.908. The van der Waals surface area contributed by atoms with Crippen molar-refractivity contribution in [3.8, 4) is 0 Å². The van der Waals surface area contributed by atoms with Crippen LogP contribution in [0.2, 0.25) is 0 Å². The zero-order valence-electron chi connectivity index (χ0n) is 11.8. The largest absolute Gasteiger partial charge is 0.451 e. The van der Waals surface area contributed by atoms with Crippen molar-refractivity contribution in [3.05, 3.63) is 23.8 Å². The maximum absolute atomic E-state index is 12.8. The lowest BCUT2D eigenvalue weighted by Gasteiger charge is -2.11. The summed E-state index contributed by atoms with van der Waals surface area (Å²) >= 11 is 0. The van der Waals surface area contributed by atoms with Crippen molar-refractivity contribution in [2.45, 2.75) is 20.0 Å². The fraction of sp³-hybridized carbons (Fsp3) is 0.417. The Bertz CT molecular complexity index is 634. The number of halogens is 3. The van der Waals surface area contributed by atoms with E-state index in [0.717, 1.165) is 0 Å². The Morgan fingerprint density at radius 2 is 1.90 bits per heavy atom. The van der Waals surface area contributed by atoms with Crippen molar-refractivity contribution in [1.29, 1.82) is 0 Å². The standard InChI is InChI=1S/C12H15F3N6/c1-4-16-9-5-10(19-11(18-9)12(13,14)15)17-8-6-21(3)20-7(8)2/h5-6H,4H2,1-3H3,(H2,16,17,18,19). The van der Waals surface area contributed by atoms with Crippen molar-refractivity contribution in [2.24, 2.45) is 7.05 Å². The average Bonchev–Trinajstić information content (AvgIpc) is 2.67. The molecule has 2 aromatic rings. The van der Waals surface area contributed by atoms with Crippen LogP contribution in [0, 0.1) is 6.92 Å². The molecule has 0 aliphatic carbocycles. The molecule has 0 saturated carbocycles. The molecule has 2 rings (SSSR count). The molecule has 0 spiro atoms. The van der Waals surface area contributed by atoms with E-state index < -0.39 is 12.0 Å². The molecule has 0 aromatic carbocycles. The van der Waals surface area contributed by atoms with Gasteiger partial charge in [-0.05, 0) is 13.8 Å². The Morgan fingerprint density at radius 3 is 2.43 bits per heavy atom. The highest BCUT2D eigenvalue weighted by atomic mass is 19.4. The highest BCUT2D eigenvalue weighted by Gasteiger charge is 2.35. The lowest BCUT2D eigenvalue weighted by molar-refractivity contribution is -0.144. The third-order valence-electron chi connectivity index (χ3n) is 2.61. The van der Waals surface area contributed by atoms with Gasteiger partial charge in [-0.15, -0.1) is 0 Å². The first kappa shape index (κ1) is 15.1. The van der Waals surface area contributed by atoms with Crippen LogP contribution in [0.25, 0.3) is 0 Å². The van der Waals surface area contributed by atoms with Gasteiger partial charge in [0.1, 0.15) is 11.6 Å². The Balaban J connectivity index is 2.38. The SMILES string of the molecule is CCNc1cc(Nc2cn(C)nc2C)nc(C(F)(F)F)n1. The molecule has 2 aromatic heterocycles. The molecule has 9 heteroatoms. The Hall–Kier alpha value is -2.32. The van der Waals surface area contributed by atoms with Gasteiger partial charge >= 0.3 is 6.18 Å². The Labute approximate surface area is 119 Å². The monoisotopic (exact) mass is 300 g/mol. The summed E-state index contributed by atoms with van der Waals surface area (Å²) in [7, 11) is 1.73. The van der Waals surface area contributed by atoms with Crippen LogP contribution < -0.4 is 10.6 Å². The summed E-state index contributed by atoms with van der Waals surface area (Å²) in [6, 6.07) is 1.42. The van der Waals surface area contributed by atoms with Crippen LogP contribution >= 0.6 is 0 Å². The van der Waals surface area contributed by atoms with E-state index in [0.29, 0.717) is 17.9 Å². The maximum atomic E-state index is 12.8. The van der Waals surface area contributed by atoms with E-state index in [9.17, 15) is 13.2 Å². The molecule has 0 amide bonds. The number of anilines is 3. The second-order valence-corrected chi connectivity index (χ2v) is 4.42. The molecule has 6 nitrogen and oxygen atoms in total. The van der Waals surface area contributed by atoms with E-state index in [1.165, 1.54) is 6.07 Å². The summed E-state index contributed by atoms with van der Waals surface area (Å²) < 4.78 is 40.0. The van der Waals surface area contributed by atoms with Crippen molar-refractivity contribution < 1.29 is 13.2 Å². The van der Waals surface area contributed by atoms with Crippen molar-refractivity contribution in [1.82, 2.24) is 19.7 Å². The summed E-state index contributed by atoms with van der Waals surface area (Å²) in [5, 5.41) is 9.69. The lowest BCUT2D eigenvalue weighted by atomic mass is 10.4. The summed E-state index contributed by atoms with van der Waals surface area (Å²) in [6.07, 6.45) is -2.94. The number of aryl methyl sites for hydroxylation is 2. The molecule has 0 unspecified atom stereocenters. The second kappa shape index (κ2) is 5.58. The van der Waals surface area contributed by atoms with E-state index in [-0.39, 0.29) is 11.6 Å². The lowest BCUT2D eigenvalue weighted by Crippen LogP contribution is -2.14. The van der Waals surface area contributed by atoms with Gasteiger partial charge in [0.15, 0.2) is 0 Å². The molecule has 0 saturated heterocycles. The molecule has 2 N–H and O–H groups in total. The van der Waals surface area contributed by atoms with Gasteiger partial charge in [-0.2, -0.15) is 18.3 Å². The first-order valence-corrected chi connectivity index (χ1v) is 6.27. The van der Waals surface area contributed by atoms with Gasteiger partial charge in [0, 0.05) is 25.9 Å². The van der Waals surface area contributed by atoms with Crippen molar-refractivity contribution in [3.63, 3.8) is 0 Å². The van der Waals surface area contributed by atoms with Crippen molar-refractivity contribution >= 4 is 17.3 Å². The molecule has 21 heavy (non-hydrogen) atoms. The Kier molecular flexibility index (Phi) is 4.01. The van der Waals surface area contributed by atoms with E-state index >= 15 is 0 Å². The number of nitrogens with one attached hydrogen (secondary N) is 2. The van der Waals surface area contributed by atoms with Gasteiger partial charge in [-0.3, -0.25) is 4.68 Å². The third kappa shape index (κ3) is 3.61. The third-order valence-corrected chi connectivity index (χ3v) is 2.61. The molecule has 0 fully saturated rings. The van der Waals surface area contributed by atoms with Gasteiger partial charge in [0.25, 0.3) is 0 Å². The molecular weight excluding hydrogens is 285 g/mol. The summed E-state index contributed by atoms with van der Waals surface area (Å²) in [5.74, 6) is -1.02. The number of aromatic nitrogens is 4. The molecule has 0 atom stereocenters. The van der Waals surface area contributed by atoms with Crippen molar-refractivity contribution in [2.75, 3.05) is 17.2 Å². The minimum atomic E-state index is -4.61. The maximum Gasteiger partial charge on any atom is 0.451 e. The van der Waals surface area contributed by atoms with Crippen LogP contribution in [0.3, 0.4) is 0 Å². The number of hydrogen-bond donors (Lipinski definition) is 2. The molecule has 0 radical (unpaired) electrons. The molecule has 0 bridgehead atoms. The molecule has 114 valence electrons. The fourth-order valence-electron chi connectivity index (χ4n) is 1.77. The van der Waals surface area contributed by atoms with Gasteiger partial charge in [-0.25, -0.2) is 9.97 Å². The molecule has 2 heterocycles. The Morgan fingerprint density at radius 1 is 1.24 bits per heavy atom. The van der Waals surface area contributed by atoms with Crippen LogP contribution in [-0.2, 0) is 13.2 Å². The first-order valence-electron chi connectivity index (χ1n) is 6.27. The minimum Gasteiger partial charge on any atom is -0.370 e. The van der Waals surface area contributed by atoms with E-state index in [1.807, 2.05) is 0 Å². The molecular formula is C12H15F3N6. The number of rotatable bonds is 4. The second-order valence-electron chi connectivity index (χ2n) is 4.42. The molecule has 0 aliphatic heterocycles. The first-order chi connectivity index (χ1) is 9.79. The zero-order valence-corrected chi connectivity index (χ0v) is 11.8. The summed E-state index contributed by atoms with van der Waals surface area (Å²) in [6.45, 7) is 3.98. The summed E-state index contributed by atoms with van der Waals surface area (Å²) in [4.78, 5) is 6.96. The number of alkyl halides is 3. The number of nitrogens with zero attached hydrogens (tertiary/aromatic N) is 4. The molecule has 0 aliphatic rings. The van der Waals surface area contributed by atoms with Crippen LogP contribution in [0.1, 0.15) is 18.4 Å². The number of hydrogen-bond acceptors (Lipinski definition) is 5. The highest BCUT2D eigenvalue weighted by molar-refractivity contribution is 5.60. The zero-order chi connectivity index (χ0) is 15.6. The van der Waals surface area contributed by atoms with E-state index in [4.69, 9.17) is 0 Å². The van der Waals surface area contributed by atoms with Gasteiger partial charge in [0.2, 0.25) is 5.82 Å². The smallest absolute Gasteiger partial charge is 0.370 e.